The lowest BCUT2D eigenvalue weighted by atomic mass is 10.1. The van der Waals surface area contributed by atoms with Crippen LogP contribution < -0.4 is 16.5 Å². The predicted octanol–water partition coefficient (Wildman–Crippen LogP) is 3.44. The first-order valence-electron chi connectivity index (χ1n) is 10.1. The van der Waals surface area contributed by atoms with Gasteiger partial charge in [-0.15, -0.1) is 0 Å². The van der Waals surface area contributed by atoms with Crippen molar-refractivity contribution in [3.63, 3.8) is 0 Å². The summed E-state index contributed by atoms with van der Waals surface area (Å²) in [5.74, 6) is 5.32. The summed E-state index contributed by atoms with van der Waals surface area (Å²) in [6, 6.07) is 9.69. The van der Waals surface area contributed by atoms with Crippen molar-refractivity contribution in [3.05, 3.63) is 71.7 Å². The lowest BCUT2D eigenvalue weighted by molar-refractivity contribution is 0.233. The summed E-state index contributed by atoms with van der Waals surface area (Å²) in [6.45, 7) is 10.5. The fourth-order valence-electron chi connectivity index (χ4n) is 3.53. The molecule has 0 saturated carbocycles. The molecule has 7 nitrogen and oxygen atoms in total. The number of nitrogens with one attached hydrogen (secondary N) is 3. The van der Waals surface area contributed by atoms with E-state index in [0.29, 0.717) is 16.5 Å². The third kappa shape index (κ3) is 6.50. The SMILES string of the molecule is C=C(NCc1cc2cc(Cl)ccc2[nH]1)NC1CCCN(C)C1.C=Cc1cc(F)n(N)n1. The van der Waals surface area contributed by atoms with Crippen molar-refractivity contribution in [2.45, 2.75) is 25.4 Å². The van der Waals surface area contributed by atoms with Gasteiger partial charge in [-0.3, -0.25) is 0 Å². The molecule has 0 aliphatic carbocycles. The molecule has 1 aromatic carbocycles. The molecule has 0 spiro atoms. The lowest BCUT2D eigenvalue weighted by Gasteiger charge is -2.31. The van der Waals surface area contributed by atoms with Crippen LogP contribution in [0.15, 0.2) is 49.3 Å². The first-order chi connectivity index (χ1) is 14.8. The topological polar surface area (TPSA) is 86.9 Å². The number of halogens is 2. The van der Waals surface area contributed by atoms with Crippen LogP contribution in [0.4, 0.5) is 4.39 Å². The van der Waals surface area contributed by atoms with Crippen LogP contribution >= 0.6 is 11.6 Å². The Labute approximate surface area is 186 Å². The van der Waals surface area contributed by atoms with Crippen molar-refractivity contribution >= 4 is 28.6 Å². The molecule has 1 aliphatic rings. The molecule has 31 heavy (non-hydrogen) atoms. The second kappa shape index (κ2) is 10.4. The van der Waals surface area contributed by atoms with Gasteiger partial charge in [-0.25, -0.2) is 0 Å². The minimum Gasteiger partial charge on any atom is -0.368 e. The molecule has 0 radical (unpaired) electrons. The fraction of sp³-hybridized carbons (Fsp3) is 0.318. The average molecular weight is 446 g/mol. The molecule has 1 fully saturated rings. The van der Waals surface area contributed by atoms with E-state index in [1.807, 2.05) is 18.2 Å². The lowest BCUT2D eigenvalue weighted by Crippen LogP contribution is -2.45. The van der Waals surface area contributed by atoms with E-state index in [0.717, 1.165) is 40.5 Å². The van der Waals surface area contributed by atoms with Crippen LogP contribution in [0.1, 0.15) is 24.2 Å². The van der Waals surface area contributed by atoms with Gasteiger partial charge in [-0.05, 0) is 56.8 Å². The second-order valence-corrected chi connectivity index (χ2v) is 8.08. The molecule has 1 unspecified atom stereocenters. The highest BCUT2D eigenvalue weighted by atomic mass is 35.5. The average Bonchev–Trinajstić information content (AvgIpc) is 3.28. The molecule has 4 rings (SSSR count). The molecular weight excluding hydrogens is 417 g/mol. The van der Waals surface area contributed by atoms with E-state index in [1.54, 1.807) is 0 Å². The zero-order chi connectivity index (χ0) is 22.4. The molecule has 9 heteroatoms. The van der Waals surface area contributed by atoms with Gasteiger partial charge in [0.2, 0.25) is 5.95 Å². The van der Waals surface area contributed by atoms with E-state index >= 15 is 0 Å². The Balaban J connectivity index is 0.000000254. The smallest absolute Gasteiger partial charge is 0.232 e. The van der Waals surface area contributed by atoms with Crippen molar-refractivity contribution in [1.82, 2.24) is 30.4 Å². The summed E-state index contributed by atoms with van der Waals surface area (Å²) < 4.78 is 12.3. The number of H-pyrrole nitrogens is 1. The molecule has 166 valence electrons. The third-order valence-electron chi connectivity index (χ3n) is 5.05. The highest BCUT2D eigenvalue weighted by molar-refractivity contribution is 6.31. The maximum Gasteiger partial charge on any atom is 0.232 e. The minimum absolute atomic E-state index is 0.440. The maximum absolute atomic E-state index is 12.3. The summed E-state index contributed by atoms with van der Waals surface area (Å²) in [6.07, 6.45) is 3.87. The maximum atomic E-state index is 12.3. The first kappa shape index (κ1) is 22.7. The molecule has 2 aromatic heterocycles. The quantitative estimate of drug-likeness (QED) is 0.436. The standard InChI is InChI=1S/C17H23ClN4.C5H6FN3/c1-12(20-15-4-3-7-22(2)11-15)19-10-16-9-13-8-14(18)5-6-17(13)21-16;1-2-4-3-5(6)9(7)8-4/h5-6,8-9,15,19-21H,1,3-4,7,10-11H2,2H3;2-3H,1,7H2. The van der Waals surface area contributed by atoms with E-state index in [9.17, 15) is 4.39 Å². The van der Waals surface area contributed by atoms with Gasteiger partial charge in [0.25, 0.3) is 0 Å². The van der Waals surface area contributed by atoms with Crippen molar-refractivity contribution in [2.24, 2.45) is 0 Å². The minimum atomic E-state index is -0.565. The molecule has 3 heterocycles. The van der Waals surface area contributed by atoms with E-state index in [2.05, 4.69) is 51.9 Å². The number of hydrogen-bond donors (Lipinski definition) is 4. The van der Waals surface area contributed by atoms with Crippen LogP contribution in [0.5, 0.6) is 0 Å². The Kier molecular flexibility index (Phi) is 7.59. The Hall–Kier alpha value is -2.97. The van der Waals surface area contributed by atoms with Crippen LogP contribution in [0, 0.1) is 5.95 Å². The Morgan fingerprint density at radius 2 is 2.23 bits per heavy atom. The van der Waals surface area contributed by atoms with Crippen molar-refractivity contribution in [1.29, 1.82) is 0 Å². The number of nitrogen functional groups attached to an aromatic ring is 1. The van der Waals surface area contributed by atoms with E-state index < -0.39 is 5.95 Å². The van der Waals surface area contributed by atoms with Crippen LogP contribution in [0.25, 0.3) is 17.0 Å². The number of likely N-dealkylation sites (tertiary alicyclic amines) is 1. The number of aromatic nitrogens is 3. The monoisotopic (exact) mass is 445 g/mol. The molecule has 0 bridgehead atoms. The summed E-state index contributed by atoms with van der Waals surface area (Å²) in [7, 11) is 2.17. The molecular formula is C22H29ClFN7. The summed E-state index contributed by atoms with van der Waals surface area (Å²) >= 11 is 6.02. The number of fused-ring (bicyclic) bond motifs is 1. The zero-order valence-electron chi connectivity index (χ0n) is 17.7. The van der Waals surface area contributed by atoms with E-state index in [4.69, 9.17) is 17.4 Å². The molecule has 3 aromatic rings. The van der Waals surface area contributed by atoms with E-state index in [-0.39, 0.29) is 0 Å². The molecule has 1 saturated heterocycles. The van der Waals surface area contributed by atoms with Crippen LogP contribution in [-0.2, 0) is 6.54 Å². The fourth-order valence-corrected chi connectivity index (χ4v) is 3.71. The number of nitrogens with zero attached hydrogens (tertiary/aromatic N) is 3. The summed E-state index contributed by atoms with van der Waals surface area (Å²) in [5.41, 5.74) is 2.67. The van der Waals surface area contributed by atoms with Crippen molar-refractivity contribution in [2.75, 3.05) is 26.0 Å². The number of piperidine rings is 1. The third-order valence-corrected chi connectivity index (χ3v) is 5.29. The van der Waals surface area contributed by atoms with Crippen molar-refractivity contribution in [3.8, 4) is 0 Å². The van der Waals surface area contributed by atoms with Crippen LogP contribution in [-0.4, -0.2) is 46.0 Å². The molecule has 1 aliphatic heterocycles. The van der Waals surface area contributed by atoms with Gasteiger partial charge >= 0.3 is 0 Å². The van der Waals surface area contributed by atoms with Gasteiger partial charge in [-0.2, -0.15) is 14.3 Å². The van der Waals surface area contributed by atoms with Gasteiger partial charge < -0.3 is 26.4 Å². The summed E-state index contributed by atoms with van der Waals surface area (Å²) in [5, 5.41) is 12.3. The zero-order valence-corrected chi connectivity index (χ0v) is 18.4. The number of aromatic amines is 1. The number of nitrogens with two attached hydrogens (primary N) is 1. The number of likely N-dealkylation sites (N-methyl/N-ethyl adjacent to an activating group) is 1. The van der Waals surface area contributed by atoms with Crippen LogP contribution in [0.3, 0.4) is 0 Å². The summed E-state index contributed by atoms with van der Waals surface area (Å²) in [4.78, 5) is 6.41. The van der Waals surface area contributed by atoms with Gasteiger partial charge in [0.15, 0.2) is 0 Å². The predicted molar refractivity (Wildman–Crippen MR) is 125 cm³/mol. The Morgan fingerprint density at radius 1 is 1.42 bits per heavy atom. The highest BCUT2D eigenvalue weighted by Crippen LogP contribution is 2.20. The second-order valence-electron chi connectivity index (χ2n) is 7.64. The molecule has 0 amide bonds. The Morgan fingerprint density at radius 3 is 2.87 bits per heavy atom. The Bertz CT molecular complexity index is 1020. The van der Waals surface area contributed by atoms with E-state index in [1.165, 1.54) is 31.5 Å². The number of benzene rings is 1. The van der Waals surface area contributed by atoms with Gasteiger partial charge in [0, 0.05) is 40.3 Å². The molecule has 5 N–H and O–H groups in total. The largest absolute Gasteiger partial charge is 0.368 e. The van der Waals surface area contributed by atoms with Gasteiger partial charge in [-0.1, -0.05) is 24.8 Å². The highest BCUT2D eigenvalue weighted by Gasteiger charge is 2.16. The van der Waals surface area contributed by atoms with Crippen LogP contribution in [0.2, 0.25) is 5.02 Å². The van der Waals surface area contributed by atoms with Gasteiger partial charge in [0.1, 0.15) is 0 Å². The molecule has 1 atom stereocenters. The normalized spacial score (nSPS) is 16.4. The van der Waals surface area contributed by atoms with Gasteiger partial charge in [0.05, 0.1) is 18.1 Å². The van der Waals surface area contributed by atoms with Crippen molar-refractivity contribution < 1.29 is 4.39 Å². The first-order valence-corrected chi connectivity index (χ1v) is 10.5. The number of rotatable bonds is 6. The number of hydrogen-bond acceptors (Lipinski definition) is 5.